The second-order valence-corrected chi connectivity index (χ2v) is 9.70. The number of nitrogens with one attached hydrogen (secondary N) is 1. The summed E-state index contributed by atoms with van der Waals surface area (Å²) in [6.07, 6.45) is 0. The number of rotatable bonds is 6. The van der Waals surface area contributed by atoms with E-state index < -0.39 is 5.41 Å². The molecule has 0 bridgehead atoms. The number of nitrogens with zero attached hydrogens (tertiary/aromatic N) is 1. The Bertz CT molecular complexity index is 945. The van der Waals surface area contributed by atoms with E-state index >= 15 is 0 Å². The van der Waals surface area contributed by atoms with E-state index in [0.29, 0.717) is 6.61 Å². The third kappa shape index (κ3) is 5.23. The van der Waals surface area contributed by atoms with Crippen molar-refractivity contribution in [1.29, 1.82) is 0 Å². The van der Waals surface area contributed by atoms with E-state index in [-0.39, 0.29) is 5.91 Å². The highest BCUT2D eigenvalue weighted by Gasteiger charge is 2.21. The van der Waals surface area contributed by atoms with Crippen molar-refractivity contribution < 1.29 is 9.53 Å². The van der Waals surface area contributed by atoms with Crippen LogP contribution in [-0.2, 0) is 4.79 Å². The number of benzene rings is 2. The number of hydrogen-bond acceptors (Lipinski definition) is 5. The van der Waals surface area contributed by atoms with Gasteiger partial charge in [-0.2, -0.15) is 0 Å². The van der Waals surface area contributed by atoms with E-state index in [9.17, 15) is 4.79 Å². The lowest BCUT2D eigenvalue weighted by molar-refractivity contribution is -0.123. The molecule has 3 rings (SSSR count). The number of hydrogen-bond donors (Lipinski definition) is 1. The summed E-state index contributed by atoms with van der Waals surface area (Å²) in [6.45, 7) is 8.40. The Balaban J connectivity index is 1.58. The summed E-state index contributed by atoms with van der Waals surface area (Å²) in [6, 6.07) is 13.9. The molecule has 2 aromatic carbocycles. The van der Waals surface area contributed by atoms with E-state index in [1.807, 2.05) is 70.2 Å². The summed E-state index contributed by atoms with van der Waals surface area (Å²) in [4.78, 5) is 16.8. The molecule has 6 heteroatoms. The molecule has 0 fully saturated rings. The van der Waals surface area contributed by atoms with Gasteiger partial charge in [0.2, 0.25) is 5.91 Å². The average molecular weight is 401 g/mol. The van der Waals surface area contributed by atoms with Crippen LogP contribution in [0, 0.1) is 12.3 Å². The minimum atomic E-state index is -0.416. The lowest BCUT2D eigenvalue weighted by atomic mass is 9.95. The first kappa shape index (κ1) is 19.7. The van der Waals surface area contributed by atoms with E-state index in [1.165, 1.54) is 0 Å². The second-order valence-electron chi connectivity index (χ2n) is 7.33. The van der Waals surface area contributed by atoms with Gasteiger partial charge in [0.25, 0.3) is 0 Å². The number of para-hydroxylation sites is 1. The highest BCUT2D eigenvalue weighted by molar-refractivity contribution is 8.01. The third-order valence-electron chi connectivity index (χ3n) is 3.97. The molecule has 0 atom stereocenters. The van der Waals surface area contributed by atoms with Crippen LogP contribution in [0.1, 0.15) is 26.3 Å². The van der Waals surface area contributed by atoms with Gasteiger partial charge in [-0.1, -0.05) is 50.7 Å². The number of amides is 1. The van der Waals surface area contributed by atoms with Crippen molar-refractivity contribution in [1.82, 2.24) is 4.98 Å². The molecular formula is C21H24N2O2S2. The fourth-order valence-electron chi connectivity index (χ4n) is 2.36. The number of anilines is 1. The molecule has 0 unspecified atom stereocenters. The number of thioether (sulfide) groups is 1. The van der Waals surface area contributed by atoms with Gasteiger partial charge < -0.3 is 10.1 Å². The molecule has 0 saturated carbocycles. The molecule has 0 spiro atoms. The Hall–Kier alpha value is -2.05. The molecule has 1 N–H and O–H groups in total. The van der Waals surface area contributed by atoms with Crippen LogP contribution in [0.3, 0.4) is 0 Å². The maximum Gasteiger partial charge on any atom is 0.229 e. The molecule has 27 heavy (non-hydrogen) atoms. The van der Waals surface area contributed by atoms with Crippen molar-refractivity contribution in [3.05, 3.63) is 48.0 Å². The Labute approximate surface area is 168 Å². The van der Waals surface area contributed by atoms with Crippen LogP contribution in [0.25, 0.3) is 10.2 Å². The van der Waals surface area contributed by atoms with Crippen molar-refractivity contribution in [2.45, 2.75) is 32.0 Å². The fraction of sp³-hybridized carbons (Fsp3) is 0.333. The zero-order chi connectivity index (χ0) is 19.4. The molecule has 1 amide bonds. The van der Waals surface area contributed by atoms with Gasteiger partial charge in [-0.15, -0.1) is 11.3 Å². The van der Waals surface area contributed by atoms with Crippen LogP contribution in [0.2, 0.25) is 0 Å². The van der Waals surface area contributed by atoms with Gasteiger partial charge >= 0.3 is 0 Å². The van der Waals surface area contributed by atoms with E-state index in [0.717, 1.165) is 37.3 Å². The van der Waals surface area contributed by atoms with E-state index in [2.05, 4.69) is 10.3 Å². The number of ether oxygens (including phenoxy) is 1. The van der Waals surface area contributed by atoms with Crippen molar-refractivity contribution in [2.75, 3.05) is 17.7 Å². The summed E-state index contributed by atoms with van der Waals surface area (Å²) in [5.41, 5.74) is 2.50. The summed E-state index contributed by atoms with van der Waals surface area (Å²) in [7, 11) is 0. The molecule has 142 valence electrons. The lowest BCUT2D eigenvalue weighted by Gasteiger charge is -2.17. The monoisotopic (exact) mass is 400 g/mol. The first-order valence-electron chi connectivity index (χ1n) is 8.86. The van der Waals surface area contributed by atoms with Gasteiger partial charge in [0.15, 0.2) is 4.34 Å². The summed E-state index contributed by atoms with van der Waals surface area (Å²) in [5, 5.41) is 2.97. The van der Waals surface area contributed by atoms with Crippen molar-refractivity contribution >= 4 is 44.9 Å². The topological polar surface area (TPSA) is 51.2 Å². The number of thiazole rings is 1. The molecular weight excluding hydrogens is 376 g/mol. The van der Waals surface area contributed by atoms with Gasteiger partial charge in [0.1, 0.15) is 5.75 Å². The molecule has 0 aliphatic heterocycles. The molecule has 1 heterocycles. The predicted octanol–water partition coefficient (Wildman–Crippen LogP) is 5.76. The third-order valence-corrected chi connectivity index (χ3v) is 6.09. The van der Waals surface area contributed by atoms with Gasteiger partial charge in [0, 0.05) is 16.9 Å². The standard InChI is InChI=1S/C21H24N2O2S2/c1-14-7-5-6-8-17(14)25-11-12-26-20-23-16-10-9-15(13-18(16)27-20)22-19(24)21(2,3)4/h5-10,13H,11-12H2,1-4H3,(H,22,24). The normalized spacial score (nSPS) is 11.6. The quantitative estimate of drug-likeness (QED) is 0.422. The molecule has 3 aromatic rings. The highest BCUT2D eigenvalue weighted by Crippen LogP contribution is 2.31. The Morgan fingerprint density at radius 1 is 1.22 bits per heavy atom. The second kappa shape index (κ2) is 8.31. The maximum atomic E-state index is 12.1. The Morgan fingerprint density at radius 2 is 2.00 bits per heavy atom. The number of aromatic nitrogens is 1. The predicted molar refractivity (Wildman–Crippen MR) is 115 cm³/mol. The highest BCUT2D eigenvalue weighted by atomic mass is 32.2. The van der Waals surface area contributed by atoms with Crippen molar-refractivity contribution in [3.8, 4) is 5.75 Å². The summed E-state index contributed by atoms with van der Waals surface area (Å²) in [5.74, 6) is 1.78. The van der Waals surface area contributed by atoms with E-state index in [1.54, 1.807) is 23.1 Å². The molecule has 4 nitrogen and oxygen atoms in total. The minimum absolute atomic E-state index is 0.00863. The number of fused-ring (bicyclic) bond motifs is 1. The summed E-state index contributed by atoms with van der Waals surface area (Å²) >= 11 is 3.33. The molecule has 0 radical (unpaired) electrons. The van der Waals surface area contributed by atoms with Gasteiger partial charge in [-0.25, -0.2) is 4.98 Å². The molecule has 0 aliphatic rings. The number of carbonyl (C=O) groups is 1. The molecule has 0 aliphatic carbocycles. The number of carbonyl (C=O) groups excluding carboxylic acids is 1. The van der Waals surface area contributed by atoms with E-state index in [4.69, 9.17) is 4.74 Å². The zero-order valence-corrected chi connectivity index (χ0v) is 17.7. The molecule has 0 saturated heterocycles. The lowest BCUT2D eigenvalue weighted by Crippen LogP contribution is -2.27. The van der Waals surface area contributed by atoms with Crippen molar-refractivity contribution in [3.63, 3.8) is 0 Å². The van der Waals surface area contributed by atoms with Crippen LogP contribution in [0.4, 0.5) is 5.69 Å². The van der Waals surface area contributed by atoms with Crippen LogP contribution in [0.15, 0.2) is 46.8 Å². The SMILES string of the molecule is Cc1ccccc1OCCSc1nc2ccc(NC(=O)C(C)(C)C)cc2s1. The zero-order valence-electron chi connectivity index (χ0n) is 16.0. The van der Waals surface area contributed by atoms with Crippen LogP contribution < -0.4 is 10.1 Å². The number of aryl methyl sites for hydroxylation is 1. The van der Waals surface area contributed by atoms with Gasteiger partial charge in [-0.05, 0) is 36.8 Å². The van der Waals surface area contributed by atoms with Crippen LogP contribution >= 0.6 is 23.1 Å². The van der Waals surface area contributed by atoms with Gasteiger partial charge in [0.05, 0.1) is 16.8 Å². The minimum Gasteiger partial charge on any atom is -0.492 e. The van der Waals surface area contributed by atoms with Crippen LogP contribution in [0.5, 0.6) is 5.75 Å². The molecule has 1 aromatic heterocycles. The van der Waals surface area contributed by atoms with Crippen LogP contribution in [-0.4, -0.2) is 23.3 Å². The Morgan fingerprint density at radius 3 is 2.74 bits per heavy atom. The largest absolute Gasteiger partial charge is 0.492 e. The average Bonchev–Trinajstić information content (AvgIpc) is 3.01. The fourth-order valence-corrected chi connectivity index (χ4v) is 4.36. The first-order chi connectivity index (χ1) is 12.8. The smallest absolute Gasteiger partial charge is 0.229 e. The maximum absolute atomic E-state index is 12.1. The summed E-state index contributed by atoms with van der Waals surface area (Å²) < 4.78 is 7.92. The van der Waals surface area contributed by atoms with Crippen molar-refractivity contribution in [2.24, 2.45) is 5.41 Å². The van der Waals surface area contributed by atoms with Gasteiger partial charge in [-0.3, -0.25) is 4.79 Å². The first-order valence-corrected chi connectivity index (χ1v) is 10.7. The Kier molecular flexibility index (Phi) is 6.07.